The number of rotatable bonds is 6. The molecule has 3 N–H and O–H groups in total. The molecule has 1 saturated heterocycles. The van der Waals surface area contributed by atoms with Crippen LogP contribution in [-0.4, -0.2) is 49.3 Å². The van der Waals surface area contributed by atoms with Gasteiger partial charge in [-0.3, -0.25) is 14.9 Å². The van der Waals surface area contributed by atoms with Gasteiger partial charge in [0.2, 0.25) is 0 Å². The van der Waals surface area contributed by atoms with Crippen LogP contribution in [-0.2, 0) is 4.74 Å². The molecule has 24 heavy (non-hydrogen) atoms. The lowest BCUT2D eigenvalue weighted by Gasteiger charge is -2.37. The van der Waals surface area contributed by atoms with Gasteiger partial charge in [-0.15, -0.1) is 12.4 Å². The number of nitrogens with one attached hydrogen (secondary N) is 2. The van der Waals surface area contributed by atoms with E-state index >= 15 is 0 Å². The molecule has 1 heterocycles. The number of piperidine rings is 1. The Hall–Kier alpha value is -1.90. The first-order valence-electron chi connectivity index (χ1n) is 7.43. The smallest absolute Gasteiger partial charge is 0.310 e. The Kier molecular flexibility index (Phi) is 7.40. The number of halogens is 1. The molecule has 0 aromatic heterocycles. The molecule has 0 spiro atoms. The minimum Gasteiger partial charge on any atom is -0.502 e. The van der Waals surface area contributed by atoms with Gasteiger partial charge in [-0.25, -0.2) is 0 Å². The molecule has 1 amide bonds. The lowest BCUT2D eigenvalue weighted by atomic mass is 9.79. The minimum absolute atomic E-state index is 0. The number of nitro groups is 1. The van der Waals surface area contributed by atoms with Gasteiger partial charge in [0.1, 0.15) is 0 Å². The van der Waals surface area contributed by atoms with Crippen molar-refractivity contribution in [2.45, 2.75) is 12.8 Å². The number of carbonyl (C=O) groups excluding carboxylic acids is 1. The predicted molar refractivity (Wildman–Crippen MR) is 90.8 cm³/mol. The Bertz CT molecular complexity index is 585. The molecule has 9 heteroatoms. The zero-order valence-corrected chi connectivity index (χ0v) is 14.2. The van der Waals surface area contributed by atoms with E-state index in [9.17, 15) is 20.0 Å². The summed E-state index contributed by atoms with van der Waals surface area (Å²) in [7, 11) is 1.64. The molecule has 1 aromatic rings. The van der Waals surface area contributed by atoms with Crippen LogP contribution in [0, 0.1) is 15.5 Å². The molecule has 1 aliphatic heterocycles. The number of aromatic hydroxyl groups is 1. The van der Waals surface area contributed by atoms with E-state index in [1.165, 1.54) is 6.07 Å². The molecule has 0 aliphatic carbocycles. The molecular formula is C15H22ClN3O5. The van der Waals surface area contributed by atoms with E-state index in [1.807, 2.05) is 0 Å². The highest BCUT2D eigenvalue weighted by atomic mass is 35.5. The van der Waals surface area contributed by atoms with Gasteiger partial charge in [0.15, 0.2) is 5.75 Å². The van der Waals surface area contributed by atoms with Crippen LogP contribution in [0.15, 0.2) is 18.2 Å². The van der Waals surface area contributed by atoms with Gasteiger partial charge in [0.25, 0.3) is 5.91 Å². The molecule has 1 aromatic carbocycles. The molecule has 0 bridgehead atoms. The lowest BCUT2D eigenvalue weighted by molar-refractivity contribution is -0.385. The summed E-state index contributed by atoms with van der Waals surface area (Å²) in [6.45, 7) is 2.76. The zero-order chi connectivity index (χ0) is 16.9. The Labute approximate surface area is 146 Å². The normalized spacial score (nSPS) is 16.0. The number of amides is 1. The average molecular weight is 360 g/mol. The van der Waals surface area contributed by atoms with Crippen molar-refractivity contribution in [2.24, 2.45) is 5.41 Å². The molecule has 0 unspecified atom stereocenters. The molecule has 0 atom stereocenters. The molecule has 0 radical (unpaired) electrons. The molecule has 8 nitrogen and oxygen atoms in total. The van der Waals surface area contributed by atoms with Gasteiger partial charge in [-0.2, -0.15) is 0 Å². The van der Waals surface area contributed by atoms with Crippen molar-refractivity contribution in [1.29, 1.82) is 0 Å². The highest BCUT2D eigenvalue weighted by Crippen LogP contribution is 2.29. The maximum Gasteiger partial charge on any atom is 0.310 e. The van der Waals surface area contributed by atoms with Gasteiger partial charge in [0, 0.05) is 30.7 Å². The number of hydrogen-bond acceptors (Lipinski definition) is 6. The third kappa shape index (κ3) is 4.80. The number of carbonyl (C=O) groups is 1. The standard InChI is InChI=1S/C15H21N3O5.ClH/c1-23-10-15(4-6-16-7-5-15)9-17-14(20)11-2-3-12(18(21)22)13(19)8-11;/h2-3,8,16,19H,4-7,9-10H2,1H3,(H,17,20);1H. The summed E-state index contributed by atoms with van der Waals surface area (Å²) < 4.78 is 5.29. The second-order valence-corrected chi connectivity index (χ2v) is 5.83. The summed E-state index contributed by atoms with van der Waals surface area (Å²) in [4.78, 5) is 22.2. The number of nitrogens with zero attached hydrogens (tertiary/aromatic N) is 1. The second-order valence-electron chi connectivity index (χ2n) is 5.83. The fraction of sp³-hybridized carbons (Fsp3) is 0.533. The highest BCUT2D eigenvalue weighted by molar-refractivity contribution is 5.95. The monoisotopic (exact) mass is 359 g/mol. The fourth-order valence-corrected chi connectivity index (χ4v) is 2.82. The van der Waals surface area contributed by atoms with E-state index in [-0.39, 0.29) is 29.3 Å². The molecule has 2 rings (SSSR count). The third-order valence-corrected chi connectivity index (χ3v) is 4.17. The largest absolute Gasteiger partial charge is 0.502 e. The first-order valence-corrected chi connectivity index (χ1v) is 7.43. The van der Waals surface area contributed by atoms with E-state index in [4.69, 9.17) is 4.74 Å². The van der Waals surface area contributed by atoms with E-state index < -0.39 is 16.4 Å². The van der Waals surface area contributed by atoms with Gasteiger partial charge >= 0.3 is 5.69 Å². The van der Waals surface area contributed by atoms with Gasteiger partial charge < -0.3 is 20.5 Å². The Balaban J connectivity index is 0.00000288. The molecule has 1 fully saturated rings. The van der Waals surface area contributed by atoms with Crippen LogP contribution < -0.4 is 10.6 Å². The van der Waals surface area contributed by atoms with Gasteiger partial charge in [-0.05, 0) is 38.1 Å². The molecule has 1 aliphatic rings. The third-order valence-electron chi connectivity index (χ3n) is 4.17. The SMILES string of the molecule is COCC1(CNC(=O)c2ccc([N+](=O)[O-])c(O)c2)CCNCC1.Cl. The highest BCUT2D eigenvalue weighted by Gasteiger charge is 2.32. The minimum atomic E-state index is -0.695. The average Bonchev–Trinajstić information content (AvgIpc) is 2.53. The fourth-order valence-electron chi connectivity index (χ4n) is 2.82. The van der Waals surface area contributed by atoms with Crippen molar-refractivity contribution >= 4 is 24.0 Å². The van der Waals surface area contributed by atoms with Crippen LogP contribution in [0.3, 0.4) is 0 Å². The number of methoxy groups -OCH3 is 1. The first kappa shape index (κ1) is 20.1. The Morgan fingerprint density at radius 3 is 2.67 bits per heavy atom. The first-order chi connectivity index (χ1) is 11.0. The van der Waals surface area contributed by atoms with E-state index in [1.54, 1.807) is 7.11 Å². The van der Waals surface area contributed by atoms with Crippen LogP contribution in [0.5, 0.6) is 5.75 Å². The topological polar surface area (TPSA) is 114 Å². The van der Waals surface area contributed by atoms with Crippen LogP contribution in [0.25, 0.3) is 0 Å². The number of nitro benzene ring substituents is 1. The maximum atomic E-state index is 12.2. The summed E-state index contributed by atoms with van der Waals surface area (Å²) in [5.41, 5.74) is -0.344. The van der Waals surface area contributed by atoms with E-state index in [0.29, 0.717) is 13.2 Å². The van der Waals surface area contributed by atoms with Crippen LogP contribution in [0.1, 0.15) is 23.2 Å². The summed E-state index contributed by atoms with van der Waals surface area (Å²) >= 11 is 0. The van der Waals surface area contributed by atoms with Crippen molar-refractivity contribution in [3.05, 3.63) is 33.9 Å². The Morgan fingerprint density at radius 1 is 1.46 bits per heavy atom. The van der Waals surface area contributed by atoms with Crippen LogP contribution in [0.4, 0.5) is 5.69 Å². The van der Waals surface area contributed by atoms with Crippen LogP contribution >= 0.6 is 12.4 Å². The second kappa shape index (κ2) is 8.81. The van der Waals surface area contributed by atoms with Crippen molar-refractivity contribution in [3.63, 3.8) is 0 Å². The number of hydrogen-bond donors (Lipinski definition) is 3. The molecule has 134 valence electrons. The summed E-state index contributed by atoms with van der Waals surface area (Å²) in [6.07, 6.45) is 1.79. The van der Waals surface area contributed by atoms with Crippen molar-refractivity contribution in [2.75, 3.05) is 33.4 Å². The van der Waals surface area contributed by atoms with Gasteiger partial charge in [-0.1, -0.05) is 0 Å². The number of ether oxygens (including phenoxy) is 1. The lowest BCUT2D eigenvalue weighted by Crippen LogP contribution is -2.47. The molecule has 0 saturated carbocycles. The Morgan fingerprint density at radius 2 is 2.12 bits per heavy atom. The molecular weight excluding hydrogens is 338 g/mol. The van der Waals surface area contributed by atoms with Gasteiger partial charge in [0.05, 0.1) is 11.5 Å². The van der Waals surface area contributed by atoms with Crippen molar-refractivity contribution < 1.29 is 19.6 Å². The number of phenols is 1. The van der Waals surface area contributed by atoms with E-state index in [0.717, 1.165) is 38.1 Å². The zero-order valence-electron chi connectivity index (χ0n) is 13.4. The summed E-state index contributed by atoms with van der Waals surface area (Å²) in [6, 6.07) is 3.57. The maximum absolute atomic E-state index is 12.2. The van der Waals surface area contributed by atoms with Crippen molar-refractivity contribution in [1.82, 2.24) is 10.6 Å². The van der Waals surface area contributed by atoms with E-state index in [2.05, 4.69) is 10.6 Å². The quantitative estimate of drug-likeness (QED) is 0.523. The summed E-state index contributed by atoms with van der Waals surface area (Å²) in [5.74, 6) is -0.889. The number of benzene rings is 1. The predicted octanol–water partition coefficient (Wildman–Crippen LogP) is 1.47. The summed E-state index contributed by atoms with van der Waals surface area (Å²) in [5, 5.41) is 26.4. The van der Waals surface area contributed by atoms with Crippen LogP contribution in [0.2, 0.25) is 0 Å². The van der Waals surface area contributed by atoms with Crippen molar-refractivity contribution in [3.8, 4) is 5.75 Å². The number of phenolic OH excluding ortho intramolecular Hbond substituents is 1.